The molecule has 2 saturated heterocycles. The predicted octanol–water partition coefficient (Wildman–Crippen LogP) is 3.37. The van der Waals surface area contributed by atoms with E-state index in [-0.39, 0.29) is 11.9 Å². The van der Waals surface area contributed by atoms with Gasteiger partial charge in [-0.05, 0) is 62.0 Å². The number of sulfonamides is 1. The minimum absolute atomic E-state index is 0.0141. The van der Waals surface area contributed by atoms with Crippen LogP contribution in [0, 0.1) is 0 Å². The van der Waals surface area contributed by atoms with Gasteiger partial charge in [0.1, 0.15) is 11.9 Å². The quantitative estimate of drug-likeness (QED) is 0.792. The summed E-state index contributed by atoms with van der Waals surface area (Å²) in [5.74, 6) is 0.969. The molecule has 28 heavy (non-hydrogen) atoms. The monoisotopic (exact) mass is 398 g/mol. The third-order valence-electron chi connectivity index (χ3n) is 6.22. The third kappa shape index (κ3) is 3.18. The summed E-state index contributed by atoms with van der Waals surface area (Å²) in [6, 6.07) is 16.5. The van der Waals surface area contributed by atoms with Gasteiger partial charge in [0.05, 0.1) is 17.5 Å². The molecular formula is C22H26N2O3S. The topological polar surface area (TPSA) is 49.9 Å². The molecule has 2 atom stereocenters. The number of nitrogens with zero attached hydrogens (tertiary/aromatic N) is 2. The lowest BCUT2D eigenvalue weighted by molar-refractivity contribution is 0.0941. The van der Waals surface area contributed by atoms with Gasteiger partial charge in [-0.2, -0.15) is 0 Å². The highest BCUT2D eigenvalue weighted by atomic mass is 32.2. The summed E-state index contributed by atoms with van der Waals surface area (Å²) in [4.78, 5) is 2.56. The second-order valence-electron chi connectivity index (χ2n) is 7.99. The van der Waals surface area contributed by atoms with Gasteiger partial charge >= 0.3 is 0 Å². The van der Waals surface area contributed by atoms with Crippen molar-refractivity contribution < 1.29 is 13.2 Å². The van der Waals surface area contributed by atoms with Crippen LogP contribution in [0.3, 0.4) is 0 Å². The van der Waals surface area contributed by atoms with Crippen LogP contribution in [0.4, 0.5) is 5.69 Å². The number of ether oxygens (including phenoxy) is 1. The Labute approximate surface area is 167 Å². The van der Waals surface area contributed by atoms with E-state index in [0.29, 0.717) is 24.7 Å². The first-order chi connectivity index (χ1) is 13.6. The maximum absolute atomic E-state index is 12.3. The van der Waals surface area contributed by atoms with Crippen LogP contribution in [0.25, 0.3) is 0 Å². The molecule has 0 spiro atoms. The Kier molecular flexibility index (Phi) is 4.56. The predicted molar refractivity (Wildman–Crippen MR) is 110 cm³/mol. The molecule has 2 aliphatic heterocycles. The normalized spacial score (nSPS) is 26.5. The van der Waals surface area contributed by atoms with Gasteiger partial charge in [-0.25, -0.2) is 8.42 Å². The number of hydrogen-bond donors (Lipinski definition) is 0. The zero-order chi connectivity index (χ0) is 19.1. The fourth-order valence-corrected chi connectivity index (χ4v) is 6.42. The molecule has 2 heterocycles. The molecule has 0 saturated carbocycles. The van der Waals surface area contributed by atoms with E-state index in [4.69, 9.17) is 4.74 Å². The SMILES string of the molecule is O=S1(=O)CCCN1c1cccc(O[C@H]2c3ccccc3C[C@@H]2N2CCCC2)c1. The molecule has 0 bridgehead atoms. The van der Waals surface area contributed by atoms with Gasteiger partial charge in [0.25, 0.3) is 0 Å². The lowest BCUT2D eigenvalue weighted by Gasteiger charge is -2.30. The zero-order valence-electron chi connectivity index (χ0n) is 16.0. The average Bonchev–Trinajstić information content (AvgIpc) is 3.41. The summed E-state index contributed by atoms with van der Waals surface area (Å²) < 4.78 is 32.6. The highest BCUT2D eigenvalue weighted by molar-refractivity contribution is 7.93. The second-order valence-corrected chi connectivity index (χ2v) is 10.0. The van der Waals surface area contributed by atoms with E-state index < -0.39 is 10.0 Å². The number of benzene rings is 2. The van der Waals surface area contributed by atoms with Crippen LogP contribution in [0.15, 0.2) is 48.5 Å². The molecule has 0 radical (unpaired) electrons. The molecule has 5 rings (SSSR count). The maximum Gasteiger partial charge on any atom is 0.235 e. The smallest absolute Gasteiger partial charge is 0.235 e. The molecule has 0 amide bonds. The summed E-state index contributed by atoms with van der Waals surface area (Å²) in [6.45, 7) is 2.81. The van der Waals surface area contributed by atoms with Crippen molar-refractivity contribution in [2.75, 3.05) is 29.7 Å². The van der Waals surface area contributed by atoms with Crippen LogP contribution >= 0.6 is 0 Å². The molecule has 0 aromatic heterocycles. The third-order valence-corrected chi connectivity index (χ3v) is 8.09. The summed E-state index contributed by atoms with van der Waals surface area (Å²) in [6.07, 6.45) is 4.19. The van der Waals surface area contributed by atoms with Gasteiger partial charge in [-0.15, -0.1) is 0 Å². The summed E-state index contributed by atoms with van der Waals surface area (Å²) in [5, 5.41) is 0. The molecule has 2 aromatic carbocycles. The molecule has 148 valence electrons. The van der Waals surface area contributed by atoms with Crippen LogP contribution in [0.1, 0.15) is 36.5 Å². The highest BCUT2D eigenvalue weighted by Gasteiger charge is 2.39. The maximum atomic E-state index is 12.3. The van der Waals surface area contributed by atoms with Crippen molar-refractivity contribution in [3.8, 4) is 5.75 Å². The molecule has 2 fully saturated rings. The Morgan fingerprint density at radius 2 is 1.75 bits per heavy atom. The van der Waals surface area contributed by atoms with E-state index in [9.17, 15) is 8.42 Å². The van der Waals surface area contributed by atoms with Crippen molar-refractivity contribution in [3.63, 3.8) is 0 Å². The fraction of sp³-hybridized carbons (Fsp3) is 0.455. The Hall–Kier alpha value is -2.05. The van der Waals surface area contributed by atoms with Gasteiger partial charge in [0, 0.05) is 12.6 Å². The van der Waals surface area contributed by atoms with Gasteiger partial charge in [0.15, 0.2) is 0 Å². The molecule has 1 aliphatic carbocycles. The van der Waals surface area contributed by atoms with E-state index in [1.54, 1.807) is 0 Å². The van der Waals surface area contributed by atoms with E-state index in [2.05, 4.69) is 29.2 Å². The summed E-state index contributed by atoms with van der Waals surface area (Å²) >= 11 is 0. The number of hydrogen-bond acceptors (Lipinski definition) is 4. The van der Waals surface area contributed by atoms with Crippen molar-refractivity contribution in [1.29, 1.82) is 0 Å². The minimum atomic E-state index is -3.19. The van der Waals surface area contributed by atoms with Crippen molar-refractivity contribution in [2.24, 2.45) is 0 Å². The van der Waals surface area contributed by atoms with Gasteiger partial charge in [-0.3, -0.25) is 9.21 Å². The summed E-state index contributed by atoms with van der Waals surface area (Å²) in [5.41, 5.74) is 3.33. The largest absolute Gasteiger partial charge is 0.484 e. The Bertz CT molecular complexity index is 969. The molecule has 0 N–H and O–H groups in total. The average molecular weight is 399 g/mol. The first-order valence-electron chi connectivity index (χ1n) is 10.2. The second kappa shape index (κ2) is 7.08. The van der Waals surface area contributed by atoms with Crippen molar-refractivity contribution >= 4 is 15.7 Å². The first-order valence-corrected chi connectivity index (χ1v) is 11.8. The van der Waals surface area contributed by atoms with Crippen molar-refractivity contribution in [2.45, 2.75) is 37.8 Å². The van der Waals surface area contributed by atoms with Crippen LogP contribution in [-0.2, 0) is 16.4 Å². The lowest BCUT2D eigenvalue weighted by Crippen LogP contribution is -2.38. The molecule has 6 heteroatoms. The Morgan fingerprint density at radius 3 is 2.54 bits per heavy atom. The standard InChI is InChI=1S/C22H26N2O3S/c25-28(26)14-6-13-24(28)18-8-5-9-19(16-18)27-22-20-10-2-1-7-17(20)15-21(22)23-11-3-4-12-23/h1-2,5,7-10,16,21-22H,3-4,6,11-15H2/t21-,22-/m0/s1. The van der Waals surface area contributed by atoms with Crippen molar-refractivity contribution in [3.05, 3.63) is 59.7 Å². The van der Waals surface area contributed by atoms with E-state index in [1.807, 2.05) is 24.3 Å². The van der Waals surface area contributed by atoms with Gasteiger partial charge in [-0.1, -0.05) is 30.3 Å². The molecule has 2 aromatic rings. The van der Waals surface area contributed by atoms with E-state index in [0.717, 1.165) is 25.3 Å². The van der Waals surface area contributed by atoms with E-state index in [1.165, 1.54) is 28.3 Å². The zero-order valence-corrected chi connectivity index (χ0v) is 16.8. The highest BCUT2D eigenvalue weighted by Crippen LogP contribution is 2.40. The molecule has 5 nitrogen and oxygen atoms in total. The molecule has 3 aliphatic rings. The van der Waals surface area contributed by atoms with Crippen molar-refractivity contribution in [1.82, 2.24) is 4.90 Å². The number of likely N-dealkylation sites (tertiary alicyclic amines) is 1. The minimum Gasteiger partial charge on any atom is -0.484 e. The Balaban J connectivity index is 1.44. The molecule has 0 unspecified atom stereocenters. The van der Waals surface area contributed by atoms with Gasteiger partial charge in [0.2, 0.25) is 10.0 Å². The number of rotatable bonds is 4. The summed E-state index contributed by atoms with van der Waals surface area (Å²) in [7, 11) is -3.19. The lowest BCUT2D eigenvalue weighted by atomic mass is 10.1. The van der Waals surface area contributed by atoms with Crippen LogP contribution in [0.2, 0.25) is 0 Å². The van der Waals surface area contributed by atoms with Gasteiger partial charge < -0.3 is 4.74 Å². The number of fused-ring (bicyclic) bond motifs is 1. The Morgan fingerprint density at radius 1 is 0.929 bits per heavy atom. The van der Waals surface area contributed by atoms with Crippen LogP contribution in [0.5, 0.6) is 5.75 Å². The van der Waals surface area contributed by atoms with Crippen LogP contribution in [-0.4, -0.2) is 44.7 Å². The van der Waals surface area contributed by atoms with Crippen LogP contribution < -0.4 is 9.04 Å². The van der Waals surface area contributed by atoms with E-state index >= 15 is 0 Å². The fourth-order valence-electron chi connectivity index (χ4n) is 4.86. The molecular weight excluding hydrogens is 372 g/mol. The first kappa shape index (κ1) is 18.0. The number of anilines is 1.